The average molecular weight is 396 g/mol. The van der Waals surface area contributed by atoms with Gasteiger partial charge in [0.05, 0.1) is 18.4 Å². The maximum Gasteiger partial charge on any atom is 0.240 e. The monoisotopic (exact) mass is 395 g/mol. The lowest BCUT2D eigenvalue weighted by atomic mass is 10.2. The highest BCUT2D eigenvalue weighted by Crippen LogP contribution is 2.20. The largest absolute Gasteiger partial charge is 0.371 e. The second-order valence-electron chi connectivity index (χ2n) is 5.77. The molecule has 7 nitrogen and oxygen atoms in total. The average Bonchev–Trinajstić information content (AvgIpc) is 3.04. The van der Waals surface area contributed by atoms with Crippen LogP contribution < -0.4 is 4.90 Å². The standard InChI is InChI=1S/C16H22BrN5O2/c1-3-23-12(2)16-19-15(24-20-16)11-21-4-6-22(7-5-21)14-8-13(17)9-18-10-14/h8-10,12H,3-7,11H2,1-2H3. The highest BCUT2D eigenvalue weighted by atomic mass is 79.9. The van der Waals surface area contributed by atoms with Crippen LogP contribution in [0, 0.1) is 0 Å². The predicted octanol–water partition coefficient (Wildman–Crippen LogP) is 2.65. The lowest BCUT2D eigenvalue weighted by Crippen LogP contribution is -2.46. The van der Waals surface area contributed by atoms with Crippen molar-refractivity contribution in [2.24, 2.45) is 0 Å². The molecule has 0 spiro atoms. The number of halogens is 1. The van der Waals surface area contributed by atoms with Crippen molar-refractivity contribution in [3.63, 3.8) is 0 Å². The van der Waals surface area contributed by atoms with E-state index < -0.39 is 0 Å². The summed E-state index contributed by atoms with van der Waals surface area (Å²) >= 11 is 3.47. The highest BCUT2D eigenvalue weighted by molar-refractivity contribution is 9.10. The van der Waals surface area contributed by atoms with E-state index in [0.717, 1.165) is 36.3 Å². The number of piperazine rings is 1. The summed E-state index contributed by atoms with van der Waals surface area (Å²) in [6.07, 6.45) is 3.57. The van der Waals surface area contributed by atoms with E-state index in [9.17, 15) is 0 Å². The molecule has 8 heteroatoms. The molecule has 2 aromatic heterocycles. The molecule has 0 bridgehead atoms. The fourth-order valence-corrected chi connectivity index (χ4v) is 3.10. The van der Waals surface area contributed by atoms with Gasteiger partial charge >= 0.3 is 0 Å². The molecule has 1 aliphatic rings. The van der Waals surface area contributed by atoms with Gasteiger partial charge in [0.2, 0.25) is 5.89 Å². The maximum absolute atomic E-state index is 5.49. The molecule has 3 heterocycles. The second-order valence-corrected chi connectivity index (χ2v) is 6.68. The number of hydrogen-bond acceptors (Lipinski definition) is 7. The molecule has 2 aromatic rings. The van der Waals surface area contributed by atoms with E-state index in [1.165, 1.54) is 0 Å². The van der Waals surface area contributed by atoms with Crippen LogP contribution in [0.3, 0.4) is 0 Å². The zero-order valence-corrected chi connectivity index (χ0v) is 15.6. The van der Waals surface area contributed by atoms with E-state index in [2.05, 4.69) is 46.9 Å². The van der Waals surface area contributed by atoms with E-state index in [0.29, 0.717) is 24.9 Å². The van der Waals surface area contributed by atoms with Gasteiger partial charge in [-0.2, -0.15) is 4.98 Å². The molecule has 1 fully saturated rings. The third-order valence-electron chi connectivity index (χ3n) is 4.05. The summed E-state index contributed by atoms with van der Waals surface area (Å²) in [7, 11) is 0. The smallest absolute Gasteiger partial charge is 0.240 e. The Morgan fingerprint density at radius 3 is 2.79 bits per heavy atom. The molecule has 130 valence electrons. The molecule has 0 aliphatic carbocycles. The second kappa shape index (κ2) is 8.04. The van der Waals surface area contributed by atoms with Gasteiger partial charge in [0.15, 0.2) is 5.82 Å². The minimum absolute atomic E-state index is 0.131. The van der Waals surface area contributed by atoms with Crippen LogP contribution in [-0.2, 0) is 11.3 Å². The van der Waals surface area contributed by atoms with Crippen molar-refractivity contribution in [1.82, 2.24) is 20.0 Å². The number of hydrogen-bond donors (Lipinski definition) is 0. The van der Waals surface area contributed by atoms with E-state index in [-0.39, 0.29) is 6.10 Å². The van der Waals surface area contributed by atoms with E-state index >= 15 is 0 Å². The minimum atomic E-state index is -0.131. The van der Waals surface area contributed by atoms with Gasteiger partial charge in [0.1, 0.15) is 6.10 Å². The normalized spacial score (nSPS) is 17.2. The van der Waals surface area contributed by atoms with Crippen molar-refractivity contribution in [2.45, 2.75) is 26.5 Å². The first kappa shape index (κ1) is 17.3. The minimum Gasteiger partial charge on any atom is -0.371 e. The van der Waals surface area contributed by atoms with Crippen LogP contribution in [0.5, 0.6) is 0 Å². The lowest BCUT2D eigenvalue weighted by molar-refractivity contribution is 0.0683. The van der Waals surface area contributed by atoms with Crippen LogP contribution in [-0.4, -0.2) is 52.8 Å². The summed E-state index contributed by atoms with van der Waals surface area (Å²) in [6, 6.07) is 2.10. The number of anilines is 1. The van der Waals surface area contributed by atoms with Crippen LogP contribution in [0.4, 0.5) is 5.69 Å². The van der Waals surface area contributed by atoms with Crippen molar-refractivity contribution in [3.8, 4) is 0 Å². The van der Waals surface area contributed by atoms with E-state index in [1.807, 2.05) is 20.0 Å². The van der Waals surface area contributed by atoms with Gasteiger partial charge in [-0.05, 0) is 35.8 Å². The lowest BCUT2D eigenvalue weighted by Gasteiger charge is -2.35. The van der Waals surface area contributed by atoms with Gasteiger partial charge in [0, 0.05) is 43.5 Å². The first-order chi connectivity index (χ1) is 11.7. The first-order valence-electron chi connectivity index (χ1n) is 8.17. The Kier molecular flexibility index (Phi) is 5.80. The summed E-state index contributed by atoms with van der Waals surface area (Å²) in [5.41, 5.74) is 1.15. The van der Waals surface area contributed by atoms with Crippen molar-refractivity contribution in [3.05, 3.63) is 34.6 Å². The molecule has 0 N–H and O–H groups in total. The van der Waals surface area contributed by atoms with Crippen molar-refractivity contribution >= 4 is 21.6 Å². The topological polar surface area (TPSA) is 67.5 Å². The molecule has 0 amide bonds. The SMILES string of the molecule is CCOC(C)c1noc(CN2CCN(c3cncc(Br)c3)CC2)n1. The Hall–Kier alpha value is -1.51. The van der Waals surface area contributed by atoms with Crippen molar-refractivity contribution in [2.75, 3.05) is 37.7 Å². The first-order valence-corrected chi connectivity index (χ1v) is 8.97. The predicted molar refractivity (Wildman–Crippen MR) is 93.8 cm³/mol. The summed E-state index contributed by atoms with van der Waals surface area (Å²) in [6.45, 7) is 9.01. The fourth-order valence-electron chi connectivity index (χ4n) is 2.75. The molecule has 0 radical (unpaired) electrons. The Morgan fingerprint density at radius 1 is 1.29 bits per heavy atom. The fraction of sp³-hybridized carbons (Fsp3) is 0.562. The number of nitrogens with zero attached hydrogens (tertiary/aromatic N) is 5. The molecule has 1 unspecified atom stereocenters. The Balaban J connectivity index is 1.52. The number of aromatic nitrogens is 3. The van der Waals surface area contributed by atoms with E-state index in [4.69, 9.17) is 9.26 Å². The summed E-state index contributed by atoms with van der Waals surface area (Å²) in [5, 5.41) is 4.01. The molecular weight excluding hydrogens is 374 g/mol. The van der Waals surface area contributed by atoms with Gasteiger partial charge in [0.25, 0.3) is 0 Å². The van der Waals surface area contributed by atoms with Crippen LogP contribution in [0.1, 0.15) is 31.7 Å². The van der Waals surface area contributed by atoms with Gasteiger partial charge in [-0.3, -0.25) is 9.88 Å². The number of pyridine rings is 1. The molecule has 1 saturated heterocycles. The molecule has 24 heavy (non-hydrogen) atoms. The van der Waals surface area contributed by atoms with Gasteiger partial charge in [-0.15, -0.1) is 0 Å². The van der Waals surface area contributed by atoms with Gasteiger partial charge in [-0.25, -0.2) is 0 Å². The van der Waals surface area contributed by atoms with Crippen molar-refractivity contribution in [1.29, 1.82) is 0 Å². The van der Waals surface area contributed by atoms with Crippen LogP contribution in [0.2, 0.25) is 0 Å². The highest BCUT2D eigenvalue weighted by Gasteiger charge is 2.21. The van der Waals surface area contributed by atoms with Gasteiger partial charge < -0.3 is 14.2 Å². The van der Waals surface area contributed by atoms with Crippen LogP contribution in [0.15, 0.2) is 27.5 Å². The zero-order valence-electron chi connectivity index (χ0n) is 14.0. The van der Waals surface area contributed by atoms with Crippen molar-refractivity contribution < 1.29 is 9.26 Å². The molecule has 1 aliphatic heterocycles. The molecule has 0 aromatic carbocycles. The Labute approximate surface area is 150 Å². The summed E-state index contributed by atoms with van der Waals surface area (Å²) in [4.78, 5) is 13.3. The Bertz CT molecular complexity index is 657. The summed E-state index contributed by atoms with van der Waals surface area (Å²) in [5.74, 6) is 1.26. The Morgan fingerprint density at radius 2 is 2.08 bits per heavy atom. The third-order valence-corrected chi connectivity index (χ3v) is 4.48. The molecular formula is C16H22BrN5O2. The van der Waals surface area contributed by atoms with Crippen LogP contribution >= 0.6 is 15.9 Å². The summed E-state index contributed by atoms with van der Waals surface area (Å²) < 4.78 is 11.8. The third kappa shape index (κ3) is 4.31. The quantitative estimate of drug-likeness (QED) is 0.744. The van der Waals surface area contributed by atoms with E-state index in [1.54, 1.807) is 6.20 Å². The zero-order chi connectivity index (χ0) is 16.9. The molecule has 1 atom stereocenters. The molecule has 3 rings (SSSR count). The number of ether oxygens (including phenoxy) is 1. The van der Waals surface area contributed by atoms with Crippen LogP contribution in [0.25, 0.3) is 0 Å². The van der Waals surface area contributed by atoms with Gasteiger partial charge in [-0.1, -0.05) is 5.16 Å². The maximum atomic E-state index is 5.49. The number of rotatable bonds is 6. The molecule has 0 saturated carbocycles.